The Morgan fingerprint density at radius 3 is 2.85 bits per heavy atom. The summed E-state index contributed by atoms with van der Waals surface area (Å²) in [5.74, 6) is 0.124. The van der Waals surface area contributed by atoms with Crippen molar-refractivity contribution >= 4 is 5.97 Å². The third kappa shape index (κ3) is 3.02. The number of hydrogen-bond acceptors (Lipinski definition) is 7. The van der Waals surface area contributed by atoms with Gasteiger partial charge < -0.3 is 14.0 Å². The van der Waals surface area contributed by atoms with Crippen LogP contribution in [0.25, 0.3) is 0 Å². The van der Waals surface area contributed by atoms with Crippen molar-refractivity contribution in [3.8, 4) is 0 Å². The summed E-state index contributed by atoms with van der Waals surface area (Å²) in [6.45, 7) is 2.64. The summed E-state index contributed by atoms with van der Waals surface area (Å²) in [6, 6.07) is 1.81. The van der Waals surface area contributed by atoms with Crippen LogP contribution in [0, 0.1) is 6.92 Å². The molecule has 0 spiro atoms. The number of nitrogens with zero attached hydrogens (tertiary/aromatic N) is 4. The molecule has 0 aliphatic carbocycles. The molecule has 0 aromatic carbocycles. The van der Waals surface area contributed by atoms with E-state index in [0.29, 0.717) is 31.0 Å². The predicted octanol–water partition coefficient (Wildman–Crippen LogP) is 0.598. The topological polar surface area (TPSA) is 92.3 Å². The van der Waals surface area contributed by atoms with Crippen LogP contribution in [0.1, 0.15) is 27.6 Å². The molecule has 0 atom stereocenters. The van der Waals surface area contributed by atoms with Gasteiger partial charge in [-0.1, -0.05) is 10.4 Å². The maximum atomic E-state index is 11.7. The lowest BCUT2D eigenvalue weighted by Crippen LogP contribution is -2.12. The number of ether oxygens (including phenoxy) is 2. The minimum Gasteiger partial charge on any atom is -0.464 e. The molecule has 8 nitrogen and oxygen atoms in total. The van der Waals surface area contributed by atoms with Crippen molar-refractivity contribution in [1.29, 1.82) is 0 Å². The van der Waals surface area contributed by atoms with Crippen LogP contribution in [0.4, 0.5) is 0 Å². The molecule has 20 heavy (non-hydrogen) atoms. The monoisotopic (exact) mass is 280 g/mol. The number of methoxy groups -OCH3 is 2. The summed E-state index contributed by atoms with van der Waals surface area (Å²) in [5.41, 5.74) is 1.63. The van der Waals surface area contributed by atoms with Gasteiger partial charge in [0.1, 0.15) is 6.54 Å². The van der Waals surface area contributed by atoms with E-state index in [9.17, 15) is 4.79 Å². The van der Waals surface area contributed by atoms with Gasteiger partial charge in [0.25, 0.3) is 0 Å². The number of esters is 1. The van der Waals surface area contributed by atoms with Crippen LogP contribution in [0.15, 0.2) is 10.6 Å². The molecule has 2 aromatic rings. The zero-order valence-electron chi connectivity index (χ0n) is 11.6. The summed E-state index contributed by atoms with van der Waals surface area (Å²) in [5, 5.41) is 11.6. The fourth-order valence-corrected chi connectivity index (χ4v) is 1.80. The quantitative estimate of drug-likeness (QED) is 0.715. The van der Waals surface area contributed by atoms with Crippen molar-refractivity contribution in [1.82, 2.24) is 20.2 Å². The molecule has 0 amide bonds. The molecule has 0 aliphatic heterocycles. The van der Waals surface area contributed by atoms with E-state index < -0.39 is 5.97 Å². The highest BCUT2D eigenvalue weighted by Gasteiger charge is 2.20. The highest BCUT2D eigenvalue weighted by atomic mass is 16.5. The van der Waals surface area contributed by atoms with Gasteiger partial charge in [-0.05, 0) is 6.92 Å². The smallest absolute Gasteiger partial charge is 0.360 e. The van der Waals surface area contributed by atoms with E-state index in [1.807, 2.05) is 6.92 Å². The van der Waals surface area contributed by atoms with Gasteiger partial charge in [0.15, 0.2) is 11.5 Å². The van der Waals surface area contributed by atoms with E-state index in [1.54, 1.807) is 17.9 Å². The first-order chi connectivity index (χ1) is 9.65. The molecular weight excluding hydrogens is 264 g/mol. The van der Waals surface area contributed by atoms with Gasteiger partial charge in [-0.15, -0.1) is 5.10 Å². The Morgan fingerprint density at radius 1 is 1.45 bits per heavy atom. The zero-order chi connectivity index (χ0) is 14.5. The van der Waals surface area contributed by atoms with Gasteiger partial charge >= 0.3 is 5.97 Å². The number of hydrogen-bond donors (Lipinski definition) is 0. The Balaban J connectivity index is 2.27. The molecule has 0 fully saturated rings. The minimum absolute atomic E-state index is 0.195. The third-order valence-electron chi connectivity index (χ3n) is 2.74. The lowest BCUT2D eigenvalue weighted by atomic mass is 10.2. The molecule has 0 bridgehead atoms. The largest absolute Gasteiger partial charge is 0.464 e. The van der Waals surface area contributed by atoms with E-state index in [2.05, 4.69) is 15.5 Å². The predicted molar refractivity (Wildman–Crippen MR) is 67.3 cm³/mol. The Labute approximate surface area is 115 Å². The average Bonchev–Trinajstić information content (AvgIpc) is 3.03. The van der Waals surface area contributed by atoms with E-state index in [4.69, 9.17) is 14.0 Å². The molecule has 8 heteroatoms. The Hall–Kier alpha value is -2.22. The van der Waals surface area contributed by atoms with E-state index >= 15 is 0 Å². The molecule has 0 saturated heterocycles. The maximum absolute atomic E-state index is 11.7. The third-order valence-corrected chi connectivity index (χ3v) is 2.74. The molecule has 0 saturated carbocycles. The van der Waals surface area contributed by atoms with Crippen molar-refractivity contribution < 1.29 is 18.8 Å². The fraction of sp³-hybridized carbons (Fsp3) is 0.500. The number of aromatic nitrogens is 4. The Bertz CT molecular complexity index is 590. The van der Waals surface area contributed by atoms with Crippen LogP contribution in [0.5, 0.6) is 0 Å². The van der Waals surface area contributed by atoms with Crippen molar-refractivity contribution in [3.63, 3.8) is 0 Å². The molecule has 2 aromatic heterocycles. The highest BCUT2D eigenvalue weighted by molar-refractivity contribution is 5.88. The lowest BCUT2D eigenvalue weighted by Gasteiger charge is -2.05. The number of rotatable bonds is 6. The lowest BCUT2D eigenvalue weighted by molar-refractivity contribution is 0.0592. The van der Waals surface area contributed by atoms with Gasteiger partial charge in [0, 0.05) is 19.6 Å². The first-order valence-electron chi connectivity index (χ1n) is 6.07. The number of carbonyl (C=O) groups excluding carboxylic acids is 1. The van der Waals surface area contributed by atoms with E-state index in [-0.39, 0.29) is 5.69 Å². The molecule has 2 rings (SSSR count). The van der Waals surface area contributed by atoms with Crippen molar-refractivity contribution in [2.24, 2.45) is 0 Å². The summed E-state index contributed by atoms with van der Waals surface area (Å²) in [7, 11) is 2.90. The van der Waals surface area contributed by atoms with Crippen LogP contribution in [0.2, 0.25) is 0 Å². The molecule has 0 N–H and O–H groups in total. The first kappa shape index (κ1) is 14.2. The van der Waals surface area contributed by atoms with Crippen LogP contribution in [0.3, 0.4) is 0 Å². The van der Waals surface area contributed by atoms with E-state index in [1.165, 1.54) is 7.11 Å². The average molecular weight is 280 g/mol. The zero-order valence-corrected chi connectivity index (χ0v) is 11.6. The second kappa shape index (κ2) is 6.29. The number of carbonyl (C=O) groups is 1. The van der Waals surface area contributed by atoms with Crippen molar-refractivity contribution in [2.45, 2.75) is 19.9 Å². The molecule has 0 radical (unpaired) electrons. The van der Waals surface area contributed by atoms with Crippen LogP contribution in [-0.4, -0.2) is 46.9 Å². The highest BCUT2D eigenvalue weighted by Crippen LogP contribution is 2.12. The SMILES string of the molecule is COCCc1c(C(=O)OC)nnn1Cc1cc(C)no1. The minimum atomic E-state index is -0.517. The van der Waals surface area contributed by atoms with Crippen molar-refractivity contribution in [2.75, 3.05) is 20.8 Å². The number of aryl methyl sites for hydroxylation is 1. The van der Waals surface area contributed by atoms with E-state index in [0.717, 1.165) is 5.69 Å². The maximum Gasteiger partial charge on any atom is 0.360 e. The molecular formula is C12H16N4O4. The van der Waals surface area contributed by atoms with Crippen LogP contribution in [-0.2, 0) is 22.4 Å². The molecule has 108 valence electrons. The van der Waals surface area contributed by atoms with Gasteiger partial charge in [0.2, 0.25) is 0 Å². The molecule has 0 aliphatic rings. The van der Waals surface area contributed by atoms with Crippen LogP contribution < -0.4 is 0 Å². The van der Waals surface area contributed by atoms with Crippen molar-refractivity contribution in [3.05, 3.63) is 28.9 Å². The molecule has 2 heterocycles. The summed E-state index contributed by atoms with van der Waals surface area (Å²) in [6.07, 6.45) is 0.501. The Kier molecular flexibility index (Phi) is 4.46. The van der Waals surface area contributed by atoms with Gasteiger partial charge in [0.05, 0.1) is 25.1 Å². The van der Waals surface area contributed by atoms with Crippen LogP contribution >= 0.6 is 0 Å². The standard InChI is InChI=1S/C12H16N4O4/c1-8-6-9(20-14-8)7-16-10(4-5-18-2)11(13-15-16)12(17)19-3/h6H,4-5,7H2,1-3H3. The summed E-state index contributed by atoms with van der Waals surface area (Å²) >= 11 is 0. The van der Waals surface area contributed by atoms with Gasteiger partial charge in [-0.2, -0.15) is 0 Å². The second-order valence-corrected chi connectivity index (χ2v) is 4.21. The first-order valence-corrected chi connectivity index (χ1v) is 6.07. The Morgan fingerprint density at radius 2 is 2.25 bits per heavy atom. The molecule has 0 unspecified atom stereocenters. The van der Waals surface area contributed by atoms with Gasteiger partial charge in [-0.25, -0.2) is 9.48 Å². The summed E-state index contributed by atoms with van der Waals surface area (Å²) in [4.78, 5) is 11.7. The summed E-state index contributed by atoms with van der Waals surface area (Å²) < 4.78 is 16.5. The normalized spacial score (nSPS) is 10.8. The fourth-order valence-electron chi connectivity index (χ4n) is 1.80. The van der Waals surface area contributed by atoms with Gasteiger partial charge in [-0.3, -0.25) is 0 Å². The second-order valence-electron chi connectivity index (χ2n) is 4.21.